The zero-order valence-electron chi connectivity index (χ0n) is 19.6. The molecule has 1 heterocycles. The first-order chi connectivity index (χ1) is 16.7. The van der Waals surface area contributed by atoms with Gasteiger partial charge >= 0.3 is 0 Å². The van der Waals surface area contributed by atoms with Crippen molar-refractivity contribution in [3.8, 4) is 11.5 Å². The van der Waals surface area contributed by atoms with Gasteiger partial charge in [-0.15, -0.1) is 0 Å². The highest BCUT2D eigenvalue weighted by Gasteiger charge is 2.24. The van der Waals surface area contributed by atoms with Gasteiger partial charge in [0, 0.05) is 19.6 Å². The van der Waals surface area contributed by atoms with Gasteiger partial charge in [0.25, 0.3) is 0 Å². The number of phenolic OH excluding ortho intramolecular Hbond substituents is 1. The Morgan fingerprint density at radius 3 is 2.56 bits per heavy atom. The Morgan fingerprint density at radius 1 is 0.941 bits per heavy atom. The third kappa shape index (κ3) is 5.02. The molecule has 0 amide bonds. The van der Waals surface area contributed by atoms with Crippen molar-refractivity contribution in [1.29, 1.82) is 0 Å². The fourth-order valence-electron chi connectivity index (χ4n) is 5.30. The van der Waals surface area contributed by atoms with E-state index >= 15 is 0 Å². The molecule has 34 heavy (non-hydrogen) atoms. The van der Waals surface area contributed by atoms with Crippen LogP contribution in [0.1, 0.15) is 47.9 Å². The van der Waals surface area contributed by atoms with E-state index in [1.165, 1.54) is 27.8 Å². The molecule has 0 aromatic heterocycles. The van der Waals surface area contributed by atoms with Gasteiger partial charge in [0.05, 0.1) is 6.67 Å². The summed E-state index contributed by atoms with van der Waals surface area (Å²) < 4.78 is 18.7. The lowest BCUT2D eigenvalue weighted by Gasteiger charge is -2.18. The number of hydrogen-bond acceptors (Lipinski definition) is 3. The highest BCUT2D eigenvalue weighted by atomic mass is 19.1. The predicted octanol–water partition coefficient (Wildman–Crippen LogP) is 6.50. The lowest BCUT2D eigenvalue weighted by atomic mass is 9.88. The van der Waals surface area contributed by atoms with Crippen molar-refractivity contribution in [2.24, 2.45) is 0 Å². The highest BCUT2D eigenvalue weighted by molar-refractivity contribution is 6.00. The van der Waals surface area contributed by atoms with E-state index in [-0.39, 0.29) is 12.8 Å². The molecule has 5 rings (SSSR count). The maximum Gasteiger partial charge on any atom is 0.119 e. The number of fused-ring (bicyclic) bond motifs is 1. The molecular formula is C30H32FNO2. The topological polar surface area (TPSA) is 32.7 Å². The van der Waals surface area contributed by atoms with E-state index in [0.717, 1.165) is 56.6 Å². The molecule has 0 bridgehead atoms. The standard InChI is InChI=1S/C30H32FNO2/c31-17-5-18-32-19-16-27(21-32)34-26-13-10-23(11-14-26)30-28(22-6-2-1-3-7-22)9-4-8-24-20-25(33)12-15-29(24)30/h1-3,6-7,10-15,20,27,33H,4-5,8-9,16-19,21H2/t27-/m0/s1. The zero-order chi connectivity index (χ0) is 23.3. The third-order valence-electron chi connectivity index (χ3n) is 6.94. The summed E-state index contributed by atoms with van der Waals surface area (Å²) in [5, 5.41) is 10.1. The Bertz CT molecular complexity index is 1140. The molecule has 0 unspecified atom stereocenters. The van der Waals surface area contributed by atoms with Crippen LogP contribution in [-0.4, -0.2) is 42.4 Å². The number of halogens is 1. The van der Waals surface area contributed by atoms with Gasteiger partial charge < -0.3 is 9.84 Å². The molecule has 1 fully saturated rings. The molecule has 1 saturated heterocycles. The van der Waals surface area contributed by atoms with E-state index in [1.807, 2.05) is 6.07 Å². The van der Waals surface area contributed by atoms with Crippen LogP contribution in [0.4, 0.5) is 4.39 Å². The summed E-state index contributed by atoms with van der Waals surface area (Å²) in [6.45, 7) is 2.38. The molecule has 176 valence electrons. The first kappa shape index (κ1) is 22.7. The summed E-state index contributed by atoms with van der Waals surface area (Å²) in [4.78, 5) is 2.29. The summed E-state index contributed by atoms with van der Waals surface area (Å²) in [6, 6.07) is 24.8. The first-order valence-corrected chi connectivity index (χ1v) is 12.4. The Hall–Kier alpha value is -3.11. The minimum atomic E-state index is -0.257. The quantitative estimate of drug-likeness (QED) is 0.440. The van der Waals surface area contributed by atoms with Crippen LogP contribution in [0.15, 0.2) is 72.8 Å². The summed E-state index contributed by atoms with van der Waals surface area (Å²) in [5.74, 6) is 1.20. The second-order valence-corrected chi connectivity index (χ2v) is 9.31. The van der Waals surface area contributed by atoms with Gasteiger partial charge in [0.1, 0.15) is 17.6 Å². The van der Waals surface area contributed by atoms with Crippen molar-refractivity contribution in [3.63, 3.8) is 0 Å². The van der Waals surface area contributed by atoms with E-state index in [0.29, 0.717) is 12.2 Å². The monoisotopic (exact) mass is 457 g/mol. The van der Waals surface area contributed by atoms with Crippen LogP contribution in [0, 0.1) is 0 Å². The summed E-state index contributed by atoms with van der Waals surface area (Å²) in [6.07, 6.45) is 4.72. The molecule has 4 heteroatoms. The van der Waals surface area contributed by atoms with E-state index in [4.69, 9.17) is 4.74 Å². The molecule has 1 aliphatic heterocycles. The molecule has 0 radical (unpaired) electrons. The second kappa shape index (κ2) is 10.4. The van der Waals surface area contributed by atoms with Gasteiger partial charge in [0.2, 0.25) is 0 Å². The maximum atomic E-state index is 12.5. The predicted molar refractivity (Wildman–Crippen MR) is 136 cm³/mol. The summed E-state index contributed by atoms with van der Waals surface area (Å²) in [7, 11) is 0. The molecule has 2 aliphatic rings. The summed E-state index contributed by atoms with van der Waals surface area (Å²) >= 11 is 0. The molecule has 1 N–H and O–H groups in total. The second-order valence-electron chi connectivity index (χ2n) is 9.31. The molecule has 3 nitrogen and oxygen atoms in total. The van der Waals surface area contributed by atoms with Crippen LogP contribution in [0.2, 0.25) is 0 Å². The number of likely N-dealkylation sites (tertiary alicyclic amines) is 1. The Balaban J connectivity index is 1.45. The number of phenols is 1. The molecule has 0 saturated carbocycles. The highest BCUT2D eigenvalue weighted by Crippen LogP contribution is 2.41. The summed E-state index contributed by atoms with van der Waals surface area (Å²) in [5.41, 5.74) is 7.39. The number of rotatable bonds is 7. The molecular weight excluding hydrogens is 425 g/mol. The fraction of sp³-hybridized carbons (Fsp3) is 0.333. The van der Waals surface area contributed by atoms with Gasteiger partial charge in [-0.1, -0.05) is 48.5 Å². The van der Waals surface area contributed by atoms with E-state index in [9.17, 15) is 9.50 Å². The van der Waals surface area contributed by atoms with E-state index < -0.39 is 0 Å². The third-order valence-corrected chi connectivity index (χ3v) is 6.94. The van der Waals surface area contributed by atoms with Crippen molar-refractivity contribution < 1.29 is 14.2 Å². The van der Waals surface area contributed by atoms with Crippen molar-refractivity contribution in [1.82, 2.24) is 4.90 Å². The maximum absolute atomic E-state index is 12.5. The van der Waals surface area contributed by atoms with Gasteiger partial charge in [-0.2, -0.15) is 0 Å². The lowest BCUT2D eigenvalue weighted by molar-refractivity contribution is 0.198. The van der Waals surface area contributed by atoms with Crippen LogP contribution >= 0.6 is 0 Å². The minimum absolute atomic E-state index is 0.158. The molecule has 3 aromatic carbocycles. The number of hydrogen-bond donors (Lipinski definition) is 1. The average molecular weight is 458 g/mol. The number of ether oxygens (including phenoxy) is 1. The number of nitrogens with zero attached hydrogens (tertiary/aromatic N) is 1. The minimum Gasteiger partial charge on any atom is -0.508 e. The van der Waals surface area contributed by atoms with Gasteiger partial charge in [-0.3, -0.25) is 9.29 Å². The zero-order valence-corrected chi connectivity index (χ0v) is 19.6. The van der Waals surface area contributed by atoms with Crippen LogP contribution in [-0.2, 0) is 6.42 Å². The number of benzene rings is 3. The van der Waals surface area contributed by atoms with Crippen molar-refractivity contribution in [2.75, 3.05) is 26.3 Å². The Morgan fingerprint density at radius 2 is 1.76 bits per heavy atom. The SMILES string of the molecule is Oc1ccc2c(c1)CCCC(c1ccccc1)=C2c1ccc(O[C@H]2CCN(CCCF)C2)cc1. The molecule has 1 atom stereocenters. The first-order valence-electron chi connectivity index (χ1n) is 12.4. The smallest absolute Gasteiger partial charge is 0.119 e. The van der Waals surface area contributed by atoms with Crippen LogP contribution in [0.25, 0.3) is 11.1 Å². The molecule has 3 aromatic rings. The number of alkyl halides is 1. The van der Waals surface area contributed by atoms with Gasteiger partial charge in [-0.25, -0.2) is 0 Å². The van der Waals surface area contributed by atoms with E-state index in [2.05, 4.69) is 65.6 Å². The molecule has 1 aliphatic carbocycles. The van der Waals surface area contributed by atoms with Crippen LogP contribution < -0.4 is 4.74 Å². The van der Waals surface area contributed by atoms with Crippen molar-refractivity contribution in [2.45, 2.75) is 38.2 Å². The Labute approximate surface area is 201 Å². The van der Waals surface area contributed by atoms with E-state index in [1.54, 1.807) is 6.07 Å². The van der Waals surface area contributed by atoms with Crippen molar-refractivity contribution >= 4 is 11.1 Å². The lowest BCUT2D eigenvalue weighted by Crippen LogP contribution is -2.26. The average Bonchev–Trinajstić information content (AvgIpc) is 3.22. The number of allylic oxidation sites excluding steroid dienone is 1. The van der Waals surface area contributed by atoms with Gasteiger partial charge in [0.15, 0.2) is 0 Å². The fourth-order valence-corrected chi connectivity index (χ4v) is 5.30. The number of aromatic hydroxyl groups is 1. The number of aryl methyl sites for hydroxylation is 1. The normalized spacial score (nSPS) is 18.6. The van der Waals surface area contributed by atoms with Crippen LogP contribution in [0.5, 0.6) is 11.5 Å². The van der Waals surface area contributed by atoms with Crippen molar-refractivity contribution in [3.05, 3.63) is 95.1 Å². The Kier molecular flexibility index (Phi) is 6.96. The van der Waals surface area contributed by atoms with Crippen LogP contribution in [0.3, 0.4) is 0 Å². The molecule has 0 spiro atoms. The largest absolute Gasteiger partial charge is 0.508 e. The van der Waals surface area contributed by atoms with Gasteiger partial charge in [-0.05, 0) is 89.8 Å².